The number of esters is 1. The second kappa shape index (κ2) is 9.12. The number of hydrogen-bond donors (Lipinski definition) is 1. The summed E-state index contributed by atoms with van der Waals surface area (Å²) < 4.78 is 4.62. The van der Waals surface area contributed by atoms with Gasteiger partial charge in [-0.15, -0.1) is 0 Å². The Morgan fingerprint density at radius 1 is 1.21 bits per heavy atom. The van der Waals surface area contributed by atoms with Crippen molar-refractivity contribution in [2.75, 3.05) is 7.11 Å². The van der Waals surface area contributed by atoms with Crippen LogP contribution in [0.2, 0.25) is 10.0 Å². The van der Waals surface area contributed by atoms with E-state index in [0.29, 0.717) is 21.2 Å². The van der Waals surface area contributed by atoms with Gasteiger partial charge in [-0.25, -0.2) is 4.79 Å². The van der Waals surface area contributed by atoms with Gasteiger partial charge < -0.3 is 9.84 Å². The molecular weight excluding hydrogens is 411 g/mol. The van der Waals surface area contributed by atoms with Gasteiger partial charge in [-0.1, -0.05) is 61.3 Å². The molecule has 29 heavy (non-hydrogen) atoms. The van der Waals surface area contributed by atoms with Crippen LogP contribution in [0.3, 0.4) is 0 Å². The molecule has 1 aliphatic carbocycles. The first-order chi connectivity index (χ1) is 13.5. The Morgan fingerprint density at radius 2 is 1.90 bits per heavy atom. The summed E-state index contributed by atoms with van der Waals surface area (Å²) in [5.74, 6) is -0.545. The molecule has 154 valence electrons. The van der Waals surface area contributed by atoms with Crippen LogP contribution in [0.15, 0.2) is 59.7 Å². The van der Waals surface area contributed by atoms with Gasteiger partial charge in [0.1, 0.15) is 5.60 Å². The molecule has 1 aliphatic rings. The molecule has 0 saturated heterocycles. The fourth-order valence-electron chi connectivity index (χ4n) is 3.14. The summed E-state index contributed by atoms with van der Waals surface area (Å²) >= 11 is 12.0. The molecule has 6 heteroatoms. The number of benzene rings is 1. The Hall–Kier alpha value is -2.14. The number of rotatable bonds is 5. The van der Waals surface area contributed by atoms with E-state index in [1.165, 1.54) is 19.3 Å². The van der Waals surface area contributed by atoms with Crippen LogP contribution in [0.4, 0.5) is 0 Å². The summed E-state index contributed by atoms with van der Waals surface area (Å²) in [6.45, 7) is 5.38. The second-order valence-corrected chi connectivity index (χ2v) is 8.46. The predicted octanol–water partition coefficient (Wildman–Crippen LogP) is 5.34. The minimum Gasteiger partial charge on any atom is -0.466 e. The van der Waals surface area contributed by atoms with Gasteiger partial charge >= 0.3 is 5.97 Å². The van der Waals surface area contributed by atoms with Gasteiger partial charge in [0.05, 0.1) is 17.2 Å². The number of aliphatic hydroxyl groups is 1. The normalized spacial score (nSPS) is 22.2. The molecule has 1 aromatic rings. The number of ether oxygens (including phenoxy) is 1. The largest absolute Gasteiger partial charge is 0.466 e. The van der Waals surface area contributed by atoms with Crippen molar-refractivity contribution < 1.29 is 19.4 Å². The molecule has 1 aromatic carbocycles. The van der Waals surface area contributed by atoms with E-state index in [0.717, 1.165) is 5.56 Å². The minimum absolute atomic E-state index is 0.0660. The van der Waals surface area contributed by atoms with Crippen LogP contribution in [-0.4, -0.2) is 29.6 Å². The zero-order valence-electron chi connectivity index (χ0n) is 16.8. The molecule has 0 fully saturated rings. The molecule has 0 unspecified atom stereocenters. The third-order valence-corrected chi connectivity index (χ3v) is 5.68. The number of halogens is 2. The fraction of sp³-hybridized carbons (Fsp3) is 0.304. The van der Waals surface area contributed by atoms with E-state index in [4.69, 9.17) is 23.2 Å². The van der Waals surface area contributed by atoms with Gasteiger partial charge in [-0.2, -0.15) is 0 Å². The average Bonchev–Trinajstić information content (AvgIpc) is 2.64. The van der Waals surface area contributed by atoms with Crippen molar-refractivity contribution in [3.8, 4) is 0 Å². The molecule has 0 spiro atoms. The topological polar surface area (TPSA) is 63.6 Å². The van der Waals surface area contributed by atoms with Gasteiger partial charge in [0.15, 0.2) is 5.78 Å². The lowest BCUT2D eigenvalue weighted by Crippen LogP contribution is -2.48. The average molecular weight is 435 g/mol. The van der Waals surface area contributed by atoms with E-state index < -0.39 is 17.0 Å². The maximum absolute atomic E-state index is 12.3. The molecular formula is C23H24Cl2O4. The number of ketones is 1. The number of hydrogen-bond acceptors (Lipinski definition) is 4. The molecule has 0 aromatic heterocycles. The molecule has 0 bridgehead atoms. The number of allylic oxidation sites excluding steroid dienone is 3. The molecule has 1 atom stereocenters. The van der Waals surface area contributed by atoms with Crippen molar-refractivity contribution in [3.63, 3.8) is 0 Å². The lowest BCUT2D eigenvalue weighted by molar-refractivity contribution is -0.134. The summed E-state index contributed by atoms with van der Waals surface area (Å²) in [5, 5.41) is 12.4. The zero-order valence-corrected chi connectivity index (χ0v) is 18.3. The summed E-state index contributed by atoms with van der Waals surface area (Å²) in [6, 6.07) is 5.18. The maximum Gasteiger partial charge on any atom is 0.330 e. The highest BCUT2D eigenvalue weighted by Crippen LogP contribution is 2.45. The Labute approximate surface area is 181 Å². The lowest BCUT2D eigenvalue weighted by atomic mass is 9.64. The SMILES string of the molecule is COC(=O)/C=C(C)\C=C\[C@@]1(O)C(/C=C/c2ccc(Cl)c(Cl)c2)=CC(=O)CC1(C)C. The van der Waals surface area contributed by atoms with Crippen molar-refractivity contribution in [1.29, 1.82) is 0 Å². The second-order valence-electron chi connectivity index (χ2n) is 7.64. The molecule has 0 radical (unpaired) electrons. The van der Waals surface area contributed by atoms with Crippen molar-refractivity contribution in [2.45, 2.75) is 32.8 Å². The first-order valence-corrected chi connectivity index (χ1v) is 9.80. The molecule has 4 nitrogen and oxygen atoms in total. The van der Waals surface area contributed by atoms with E-state index in [-0.39, 0.29) is 12.2 Å². The van der Waals surface area contributed by atoms with Crippen LogP contribution in [0, 0.1) is 5.41 Å². The maximum atomic E-state index is 12.3. The zero-order chi connectivity index (χ0) is 21.8. The third kappa shape index (κ3) is 5.47. The van der Waals surface area contributed by atoms with Crippen LogP contribution in [0.25, 0.3) is 6.08 Å². The molecule has 0 saturated carbocycles. The van der Waals surface area contributed by atoms with E-state index in [1.54, 1.807) is 49.4 Å². The van der Waals surface area contributed by atoms with Gasteiger partial charge in [0.2, 0.25) is 0 Å². The highest BCUT2D eigenvalue weighted by molar-refractivity contribution is 6.42. The highest BCUT2D eigenvalue weighted by Gasteiger charge is 2.47. The van der Waals surface area contributed by atoms with Crippen LogP contribution in [0.1, 0.15) is 32.8 Å². The summed E-state index contributed by atoms with van der Waals surface area (Å²) in [7, 11) is 1.30. The van der Waals surface area contributed by atoms with Gasteiger partial charge in [-0.05, 0) is 47.9 Å². The van der Waals surface area contributed by atoms with Crippen LogP contribution >= 0.6 is 23.2 Å². The first-order valence-electron chi connectivity index (χ1n) is 9.04. The molecule has 2 rings (SSSR count). The third-order valence-electron chi connectivity index (χ3n) is 4.94. The van der Waals surface area contributed by atoms with Crippen LogP contribution < -0.4 is 0 Å². The van der Waals surface area contributed by atoms with Crippen LogP contribution in [-0.2, 0) is 14.3 Å². The molecule has 0 heterocycles. The van der Waals surface area contributed by atoms with Gasteiger partial charge in [-0.3, -0.25) is 4.79 Å². The fourth-order valence-corrected chi connectivity index (χ4v) is 3.45. The minimum atomic E-state index is -1.42. The number of carbonyl (C=O) groups excluding carboxylic acids is 2. The molecule has 0 aliphatic heterocycles. The monoisotopic (exact) mass is 434 g/mol. The van der Waals surface area contributed by atoms with Crippen molar-refractivity contribution in [1.82, 2.24) is 0 Å². The van der Waals surface area contributed by atoms with E-state index in [9.17, 15) is 14.7 Å². The number of carbonyl (C=O) groups is 2. The number of methoxy groups -OCH3 is 1. The van der Waals surface area contributed by atoms with E-state index >= 15 is 0 Å². The first kappa shape index (κ1) is 23.1. The summed E-state index contributed by atoms with van der Waals surface area (Å²) in [6.07, 6.45) is 9.69. The standard InChI is InChI=1S/C23H24Cl2O4/c1-15(11-21(27)29-4)9-10-23(28)17(13-18(26)14-22(23,2)3)7-5-16-6-8-19(24)20(25)12-16/h5-13,28H,14H2,1-4H3/b7-5+,10-9+,15-11-/t23-/m1/s1. The van der Waals surface area contributed by atoms with Crippen LogP contribution in [0.5, 0.6) is 0 Å². The molecule has 0 amide bonds. The van der Waals surface area contributed by atoms with E-state index in [2.05, 4.69) is 4.74 Å². The van der Waals surface area contributed by atoms with Gasteiger partial charge in [0.25, 0.3) is 0 Å². The Bertz CT molecular complexity index is 938. The Balaban J connectivity index is 2.44. The quantitative estimate of drug-likeness (QED) is 0.385. The van der Waals surface area contributed by atoms with Crippen molar-refractivity contribution >= 4 is 41.0 Å². The Morgan fingerprint density at radius 3 is 2.52 bits per heavy atom. The highest BCUT2D eigenvalue weighted by atomic mass is 35.5. The van der Waals surface area contributed by atoms with Crippen molar-refractivity contribution in [2.24, 2.45) is 5.41 Å². The Kier molecular flexibility index (Phi) is 7.28. The van der Waals surface area contributed by atoms with Gasteiger partial charge in [0, 0.05) is 17.9 Å². The molecule has 1 N–H and O–H groups in total. The predicted molar refractivity (Wildman–Crippen MR) is 117 cm³/mol. The summed E-state index contributed by atoms with van der Waals surface area (Å²) in [5.41, 5.74) is -0.321. The van der Waals surface area contributed by atoms with E-state index in [1.807, 2.05) is 13.8 Å². The smallest absolute Gasteiger partial charge is 0.330 e. The summed E-state index contributed by atoms with van der Waals surface area (Å²) in [4.78, 5) is 23.7. The lowest BCUT2D eigenvalue weighted by Gasteiger charge is -2.44. The van der Waals surface area contributed by atoms with Crippen molar-refractivity contribution in [3.05, 3.63) is 75.3 Å².